The summed E-state index contributed by atoms with van der Waals surface area (Å²) in [6.07, 6.45) is 2.41. The van der Waals surface area contributed by atoms with E-state index in [2.05, 4.69) is 37.5 Å². The number of ketones is 1. The number of piperazine rings is 1. The van der Waals surface area contributed by atoms with Gasteiger partial charge in [0.1, 0.15) is 5.75 Å². The molecule has 2 amide bonds. The van der Waals surface area contributed by atoms with Gasteiger partial charge in [0.15, 0.2) is 5.78 Å². The Hall–Kier alpha value is -3.10. The monoisotopic (exact) mass is 505 g/mol. The van der Waals surface area contributed by atoms with Gasteiger partial charge in [0.2, 0.25) is 0 Å². The summed E-state index contributed by atoms with van der Waals surface area (Å²) in [5.41, 5.74) is 2.53. The van der Waals surface area contributed by atoms with Gasteiger partial charge in [-0.15, -0.1) is 0 Å². The lowest BCUT2D eigenvalue weighted by atomic mass is 9.75. The van der Waals surface area contributed by atoms with Crippen LogP contribution in [0, 0.1) is 11.8 Å². The van der Waals surface area contributed by atoms with Gasteiger partial charge in [-0.05, 0) is 74.5 Å². The second-order valence-electron chi connectivity index (χ2n) is 10.6. The summed E-state index contributed by atoms with van der Waals surface area (Å²) in [6.45, 7) is 9.84. The van der Waals surface area contributed by atoms with E-state index in [1.54, 1.807) is 31.4 Å². The van der Waals surface area contributed by atoms with E-state index in [1.807, 2.05) is 12.1 Å². The van der Waals surface area contributed by atoms with Gasteiger partial charge in [-0.2, -0.15) is 0 Å². The van der Waals surface area contributed by atoms with Gasteiger partial charge >= 0.3 is 6.03 Å². The normalized spacial score (nSPS) is 25.5. The second-order valence-corrected chi connectivity index (χ2v) is 10.6. The first-order valence-electron chi connectivity index (χ1n) is 13.5. The SMILES string of the molecule is COc1ccccc1N1CCN(CC2CN3CCC2CC3CNC(=O)Nc2ccc(C(C)=O)cc2)CC1. The Labute approximate surface area is 219 Å². The Morgan fingerprint density at radius 1 is 1.00 bits per heavy atom. The third kappa shape index (κ3) is 6.08. The Morgan fingerprint density at radius 2 is 1.76 bits per heavy atom. The first-order valence-corrected chi connectivity index (χ1v) is 13.5. The Bertz CT molecular complexity index is 1080. The maximum atomic E-state index is 12.5. The summed E-state index contributed by atoms with van der Waals surface area (Å²) in [5.74, 6) is 2.40. The lowest BCUT2D eigenvalue weighted by molar-refractivity contribution is -0.0114. The van der Waals surface area contributed by atoms with Crippen molar-refractivity contribution in [3.63, 3.8) is 0 Å². The molecule has 4 unspecified atom stereocenters. The van der Waals surface area contributed by atoms with Crippen LogP contribution in [-0.2, 0) is 0 Å². The maximum Gasteiger partial charge on any atom is 0.319 e. The summed E-state index contributed by atoms with van der Waals surface area (Å²) >= 11 is 0. The molecule has 198 valence electrons. The van der Waals surface area contributed by atoms with Crippen LogP contribution in [0.4, 0.5) is 16.2 Å². The number of nitrogens with zero attached hydrogens (tertiary/aromatic N) is 3. The molecule has 0 spiro atoms. The fraction of sp³-hybridized carbons (Fsp3) is 0.517. The van der Waals surface area contributed by atoms with Gasteiger partial charge in [-0.25, -0.2) is 4.79 Å². The minimum absolute atomic E-state index is 0.0193. The number of methoxy groups -OCH3 is 1. The van der Waals surface area contributed by atoms with Gasteiger partial charge in [0.05, 0.1) is 12.8 Å². The average molecular weight is 506 g/mol. The van der Waals surface area contributed by atoms with Crippen molar-refractivity contribution in [2.24, 2.45) is 11.8 Å². The molecule has 8 nitrogen and oxygen atoms in total. The summed E-state index contributed by atoms with van der Waals surface area (Å²) in [5, 5.41) is 5.94. The molecule has 0 aromatic heterocycles. The average Bonchev–Trinajstić information content (AvgIpc) is 2.93. The number of benzene rings is 2. The minimum atomic E-state index is -0.192. The number of hydrogen-bond acceptors (Lipinski definition) is 6. The smallest absolute Gasteiger partial charge is 0.319 e. The molecule has 2 aromatic carbocycles. The number of anilines is 2. The van der Waals surface area contributed by atoms with Gasteiger partial charge in [0, 0.05) is 63.1 Å². The van der Waals surface area contributed by atoms with E-state index >= 15 is 0 Å². The third-order valence-electron chi connectivity index (χ3n) is 8.35. The molecule has 37 heavy (non-hydrogen) atoms. The number of ether oxygens (including phenoxy) is 1. The van der Waals surface area contributed by atoms with E-state index in [0.29, 0.717) is 29.8 Å². The highest BCUT2D eigenvalue weighted by molar-refractivity contribution is 5.95. The lowest BCUT2D eigenvalue weighted by Gasteiger charge is -2.51. The largest absolute Gasteiger partial charge is 0.495 e. The number of carbonyl (C=O) groups excluding carboxylic acids is 2. The van der Waals surface area contributed by atoms with Crippen LogP contribution in [0.15, 0.2) is 48.5 Å². The van der Waals surface area contributed by atoms with Crippen molar-refractivity contribution in [3.05, 3.63) is 54.1 Å². The summed E-state index contributed by atoms with van der Waals surface area (Å²) in [7, 11) is 1.74. The molecule has 4 saturated heterocycles. The van der Waals surface area contributed by atoms with Gasteiger partial charge in [0.25, 0.3) is 0 Å². The number of hydrogen-bond donors (Lipinski definition) is 2. The van der Waals surface area contributed by atoms with Crippen LogP contribution in [0.1, 0.15) is 30.1 Å². The van der Waals surface area contributed by atoms with Gasteiger partial charge in [-0.3, -0.25) is 14.6 Å². The molecule has 4 atom stereocenters. The third-order valence-corrected chi connectivity index (χ3v) is 8.35. The van der Waals surface area contributed by atoms with Crippen molar-refractivity contribution in [3.8, 4) is 5.75 Å². The van der Waals surface area contributed by atoms with E-state index in [1.165, 1.54) is 19.0 Å². The van der Waals surface area contributed by atoms with Crippen molar-refractivity contribution >= 4 is 23.2 Å². The van der Waals surface area contributed by atoms with E-state index in [-0.39, 0.29) is 11.8 Å². The van der Waals surface area contributed by atoms with E-state index in [4.69, 9.17) is 4.74 Å². The second kappa shape index (κ2) is 11.5. The van der Waals surface area contributed by atoms with E-state index in [0.717, 1.165) is 63.9 Å². The number of piperidine rings is 3. The van der Waals surface area contributed by atoms with Crippen LogP contribution < -0.4 is 20.3 Å². The molecular weight excluding hydrogens is 466 g/mol. The zero-order valence-corrected chi connectivity index (χ0v) is 22.0. The van der Waals surface area contributed by atoms with Crippen LogP contribution in [-0.4, -0.2) is 87.1 Å². The molecular formula is C29H39N5O3. The lowest BCUT2D eigenvalue weighted by Crippen LogP contribution is -2.59. The predicted molar refractivity (Wildman–Crippen MR) is 147 cm³/mol. The van der Waals surface area contributed by atoms with Crippen LogP contribution in [0.25, 0.3) is 0 Å². The molecule has 4 aliphatic heterocycles. The number of Topliss-reactive ketones (excluding diaryl/α,β-unsaturated/α-hetero) is 1. The van der Waals surface area contributed by atoms with E-state index < -0.39 is 0 Å². The molecule has 2 aromatic rings. The first-order chi connectivity index (χ1) is 18.0. The topological polar surface area (TPSA) is 77.2 Å². The quantitative estimate of drug-likeness (QED) is 0.535. The number of para-hydroxylation sites is 2. The predicted octanol–water partition coefficient (Wildman–Crippen LogP) is 3.55. The standard InChI is InChI=1S/C29H39N5O3/c1-21(35)22-7-9-25(10-8-22)31-29(36)30-18-26-17-23-11-12-34(26)20-24(23)19-32-13-15-33(16-14-32)27-5-3-4-6-28(27)37-2/h3-10,23-24,26H,11-20H2,1-2H3,(H2,30,31,36). The molecule has 4 aliphatic rings. The molecule has 2 bridgehead atoms. The number of rotatable bonds is 8. The highest BCUT2D eigenvalue weighted by Crippen LogP contribution is 2.37. The molecule has 2 N–H and O–H groups in total. The molecule has 4 heterocycles. The van der Waals surface area contributed by atoms with Crippen molar-refractivity contribution in [1.82, 2.24) is 15.1 Å². The van der Waals surface area contributed by atoms with Crippen molar-refractivity contribution < 1.29 is 14.3 Å². The van der Waals surface area contributed by atoms with Crippen molar-refractivity contribution in [2.45, 2.75) is 25.8 Å². The Kier molecular flexibility index (Phi) is 7.96. The van der Waals surface area contributed by atoms with Crippen molar-refractivity contribution in [2.75, 3.05) is 69.7 Å². The van der Waals surface area contributed by atoms with Crippen LogP contribution >= 0.6 is 0 Å². The molecule has 0 aliphatic carbocycles. The number of carbonyl (C=O) groups is 2. The van der Waals surface area contributed by atoms with Crippen LogP contribution in [0.2, 0.25) is 0 Å². The molecule has 0 saturated carbocycles. The molecule has 8 heteroatoms. The van der Waals surface area contributed by atoms with E-state index in [9.17, 15) is 9.59 Å². The fourth-order valence-electron chi connectivity index (χ4n) is 6.24. The van der Waals surface area contributed by atoms with Gasteiger partial charge in [-0.1, -0.05) is 12.1 Å². The minimum Gasteiger partial charge on any atom is -0.495 e. The molecule has 4 fully saturated rings. The summed E-state index contributed by atoms with van der Waals surface area (Å²) in [6, 6.07) is 15.5. The highest BCUT2D eigenvalue weighted by Gasteiger charge is 2.40. The Morgan fingerprint density at radius 3 is 2.43 bits per heavy atom. The van der Waals surface area contributed by atoms with Crippen molar-refractivity contribution in [1.29, 1.82) is 0 Å². The first kappa shape index (κ1) is 25.5. The molecule has 6 rings (SSSR count). The zero-order valence-electron chi connectivity index (χ0n) is 22.0. The van der Waals surface area contributed by atoms with Crippen LogP contribution in [0.3, 0.4) is 0 Å². The maximum absolute atomic E-state index is 12.5. The summed E-state index contributed by atoms with van der Waals surface area (Å²) < 4.78 is 5.56. The zero-order chi connectivity index (χ0) is 25.8. The van der Waals surface area contributed by atoms with Gasteiger partial charge < -0.3 is 20.3 Å². The number of fused-ring (bicyclic) bond motifs is 3. The fourth-order valence-corrected chi connectivity index (χ4v) is 6.24. The highest BCUT2D eigenvalue weighted by atomic mass is 16.5. The molecule has 0 radical (unpaired) electrons. The number of nitrogens with one attached hydrogen (secondary N) is 2. The Balaban J connectivity index is 1.06. The number of urea groups is 1. The van der Waals surface area contributed by atoms with Crippen LogP contribution in [0.5, 0.6) is 5.75 Å². The summed E-state index contributed by atoms with van der Waals surface area (Å²) in [4.78, 5) is 31.5. The number of amides is 2.